The smallest absolute Gasteiger partial charge is 0.0491 e. The fourth-order valence-corrected chi connectivity index (χ4v) is 3.59. The molecular formula is C17H34N2O. The maximum Gasteiger partial charge on any atom is 0.0491 e. The summed E-state index contributed by atoms with van der Waals surface area (Å²) in [7, 11) is 1.83. The Kier molecular flexibility index (Phi) is 6.31. The highest BCUT2D eigenvalue weighted by Gasteiger charge is 2.31. The van der Waals surface area contributed by atoms with Crippen LogP contribution in [-0.2, 0) is 4.74 Å². The zero-order chi connectivity index (χ0) is 14.4. The summed E-state index contributed by atoms with van der Waals surface area (Å²) in [6.07, 6.45) is 8.04. The van der Waals surface area contributed by atoms with Crippen LogP contribution in [0.4, 0.5) is 0 Å². The summed E-state index contributed by atoms with van der Waals surface area (Å²) < 4.78 is 5.30. The third-order valence-corrected chi connectivity index (χ3v) is 4.96. The van der Waals surface area contributed by atoms with Crippen molar-refractivity contribution >= 4 is 0 Å². The lowest BCUT2D eigenvalue weighted by atomic mass is 9.83. The molecule has 1 saturated heterocycles. The molecule has 1 heterocycles. The molecule has 1 unspecified atom stereocenters. The minimum absolute atomic E-state index is 0.450. The second-order valence-electron chi connectivity index (χ2n) is 7.39. The number of hydrogen-bond acceptors (Lipinski definition) is 3. The predicted octanol–water partition coefficient (Wildman–Crippen LogP) is 2.90. The van der Waals surface area contributed by atoms with Crippen LogP contribution in [0.15, 0.2) is 0 Å². The van der Waals surface area contributed by atoms with Crippen LogP contribution in [0.3, 0.4) is 0 Å². The van der Waals surface area contributed by atoms with Gasteiger partial charge in [-0.05, 0) is 56.5 Å². The molecule has 0 amide bonds. The van der Waals surface area contributed by atoms with Gasteiger partial charge in [0.2, 0.25) is 0 Å². The van der Waals surface area contributed by atoms with Crippen LogP contribution in [0.5, 0.6) is 0 Å². The molecule has 2 rings (SSSR count). The second kappa shape index (κ2) is 7.77. The summed E-state index contributed by atoms with van der Waals surface area (Å²) in [4.78, 5) is 2.69. The van der Waals surface area contributed by atoms with Crippen LogP contribution in [0, 0.1) is 11.3 Å². The first-order valence-corrected chi connectivity index (χ1v) is 8.60. The minimum Gasteiger partial charge on any atom is -0.384 e. The van der Waals surface area contributed by atoms with Crippen molar-refractivity contribution in [1.82, 2.24) is 10.2 Å². The van der Waals surface area contributed by atoms with Gasteiger partial charge in [-0.25, -0.2) is 0 Å². The molecule has 0 aromatic heterocycles. The van der Waals surface area contributed by atoms with E-state index in [9.17, 15) is 0 Å². The van der Waals surface area contributed by atoms with E-state index < -0.39 is 0 Å². The zero-order valence-electron chi connectivity index (χ0n) is 13.8. The van der Waals surface area contributed by atoms with E-state index in [1.165, 1.54) is 64.7 Å². The maximum atomic E-state index is 5.30. The molecule has 3 nitrogen and oxygen atoms in total. The van der Waals surface area contributed by atoms with E-state index in [0.29, 0.717) is 5.41 Å². The fourth-order valence-electron chi connectivity index (χ4n) is 3.59. The lowest BCUT2D eigenvalue weighted by molar-refractivity contribution is 0.0742. The number of ether oxygens (including phenoxy) is 1. The van der Waals surface area contributed by atoms with Gasteiger partial charge in [-0.15, -0.1) is 0 Å². The largest absolute Gasteiger partial charge is 0.384 e. The summed E-state index contributed by atoms with van der Waals surface area (Å²) in [5.41, 5.74) is 0.450. The van der Waals surface area contributed by atoms with Crippen LogP contribution in [0.1, 0.15) is 52.4 Å². The Hall–Kier alpha value is -0.120. The number of likely N-dealkylation sites (tertiary alicyclic amines) is 1. The lowest BCUT2D eigenvalue weighted by Gasteiger charge is -2.39. The third-order valence-electron chi connectivity index (χ3n) is 4.96. The molecule has 118 valence electrons. The van der Waals surface area contributed by atoms with Gasteiger partial charge in [0.1, 0.15) is 0 Å². The third kappa shape index (κ3) is 5.34. The Morgan fingerprint density at radius 3 is 2.45 bits per heavy atom. The SMILES string of the molecule is CCCC(C)(CNC1CC1)CN1CCC(COC)CC1. The fraction of sp³-hybridized carbons (Fsp3) is 1.00. The monoisotopic (exact) mass is 282 g/mol. The van der Waals surface area contributed by atoms with Gasteiger partial charge >= 0.3 is 0 Å². The average Bonchev–Trinajstić information content (AvgIpc) is 3.24. The lowest BCUT2D eigenvalue weighted by Crippen LogP contribution is -2.45. The van der Waals surface area contributed by atoms with Gasteiger partial charge < -0.3 is 15.0 Å². The van der Waals surface area contributed by atoms with Crippen LogP contribution < -0.4 is 5.32 Å². The Bertz CT molecular complexity index is 272. The van der Waals surface area contributed by atoms with Crippen molar-refractivity contribution in [2.24, 2.45) is 11.3 Å². The van der Waals surface area contributed by atoms with Crippen molar-refractivity contribution in [2.45, 2.75) is 58.4 Å². The first kappa shape index (κ1) is 16.3. The van der Waals surface area contributed by atoms with E-state index in [-0.39, 0.29) is 0 Å². The minimum atomic E-state index is 0.450. The van der Waals surface area contributed by atoms with Crippen LogP contribution in [0.25, 0.3) is 0 Å². The maximum absolute atomic E-state index is 5.30. The molecule has 20 heavy (non-hydrogen) atoms. The van der Waals surface area contributed by atoms with Crippen molar-refractivity contribution in [1.29, 1.82) is 0 Å². The number of methoxy groups -OCH3 is 1. The Morgan fingerprint density at radius 1 is 1.20 bits per heavy atom. The van der Waals surface area contributed by atoms with Crippen LogP contribution >= 0.6 is 0 Å². The predicted molar refractivity (Wildman–Crippen MR) is 85.1 cm³/mol. The summed E-state index contributed by atoms with van der Waals surface area (Å²) in [5.74, 6) is 0.790. The van der Waals surface area contributed by atoms with Gasteiger partial charge in [0.05, 0.1) is 0 Å². The Morgan fingerprint density at radius 2 is 1.90 bits per heavy atom. The summed E-state index contributed by atoms with van der Waals surface area (Å²) >= 11 is 0. The summed E-state index contributed by atoms with van der Waals surface area (Å²) in [6, 6.07) is 0.832. The highest BCUT2D eigenvalue weighted by molar-refractivity contribution is 4.88. The summed E-state index contributed by atoms with van der Waals surface area (Å²) in [5, 5.41) is 3.75. The molecule has 0 aromatic rings. The van der Waals surface area contributed by atoms with Gasteiger partial charge in [0.15, 0.2) is 0 Å². The number of nitrogens with one attached hydrogen (secondary N) is 1. The molecule has 1 aliphatic heterocycles. The van der Waals surface area contributed by atoms with Gasteiger partial charge in [-0.1, -0.05) is 20.3 Å². The zero-order valence-corrected chi connectivity index (χ0v) is 13.8. The Balaban J connectivity index is 1.75. The van der Waals surface area contributed by atoms with Gasteiger partial charge in [0, 0.05) is 32.8 Å². The molecule has 2 aliphatic rings. The molecule has 0 radical (unpaired) electrons. The standard InChI is InChI=1S/C17H34N2O/c1-4-9-17(2,13-18-16-5-6-16)14-19-10-7-15(8-11-19)12-20-3/h15-16,18H,4-14H2,1-3H3. The first-order chi connectivity index (χ1) is 9.65. The molecule has 1 N–H and O–H groups in total. The topological polar surface area (TPSA) is 24.5 Å². The van der Waals surface area contributed by atoms with E-state index >= 15 is 0 Å². The molecule has 0 aromatic carbocycles. The van der Waals surface area contributed by atoms with Crippen molar-refractivity contribution in [2.75, 3.05) is 39.9 Å². The van der Waals surface area contributed by atoms with E-state index in [4.69, 9.17) is 4.74 Å². The van der Waals surface area contributed by atoms with E-state index in [2.05, 4.69) is 24.1 Å². The van der Waals surface area contributed by atoms with Crippen molar-refractivity contribution in [3.63, 3.8) is 0 Å². The molecule has 1 atom stereocenters. The molecule has 1 aliphatic carbocycles. The Labute approximate surface area is 125 Å². The van der Waals surface area contributed by atoms with Crippen molar-refractivity contribution in [3.05, 3.63) is 0 Å². The van der Waals surface area contributed by atoms with Crippen LogP contribution in [0.2, 0.25) is 0 Å². The van der Waals surface area contributed by atoms with E-state index in [0.717, 1.165) is 18.6 Å². The number of nitrogens with zero attached hydrogens (tertiary/aromatic N) is 1. The molecule has 0 spiro atoms. The number of hydrogen-bond donors (Lipinski definition) is 1. The van der Waals surface area contributed by atoms with E-state index in [1.807, 2.05) is 7.11 Å². The highest BCUT2D eigenvalue weighted by atomic mass is 16.5. The normalized spacial score (nSPS) is 24.8. The first-order valence-electron chi connectivity index (χ1n) is 8.60. The van der Waals surface area contributed by atoms with Gasteiger partial charge in [-0.2, -0.15) is 0 Å². The molecular weight excluding hydrogens is 248 g/mol. The van der Waals surface area contributed by atoms with Gasteiger partial charge in [0.25, 0.3) is 0 Å². The van der Waals surface area contributed by atoms with Crippen molar-refractivity contribution < 1.29 is 4.74 Å². The quantitative estimate of drug-likeness (QED) is 0.704. The molecule has 1 saturated carbocycles. The number of rotatable bonds is 9. The summed E-state index contributed by atoms with van der Waals surface area (Å²) in [6.45, 7) is 10.7. The average molecular weight is 282 g/mol. The molecule has 2 fully saturated rings. The second-order valence-corrected chi connectivity index (χ2v) is 7.39. The van der Waals surface area contributed by atoms with E-state index in [1.54, 1.807) is 0 Å². The highest BCUT2D eigenvalue weighted by Crippen LogP contribution is 2.28. The van der Waals surface area contributed by atoms with Crippen LogP contribution in [-0.4, -0.2) is 50.8 Å². The van der Waals surface area contributed by atoms with Crippen molar-refractivity contribution in [3.8, 4) is 0 Å². The molecule has 3 heteroatoms. The molecule has 0 bridgehead atoms. The number of piperidine rings is 1. The van der Waals surface area contributed by atoms with Gasteiger partial charge in [-0.3, -0.25) is 0 Å².